The van der Waals surface area contributed by atoms with Gasteiger partial charge in [0.25, 0.3) is 0 Å². The van der Waals surface area contributed by atoms with E-state index in [4.69, 9.17) is 10.8 Å². The van der Waals surface area contributed by atoms with Gasteiger partial charge in [-0.15, -0.1) is 0 Å². The molecule has 4 N–H and O–H groups in total. The molecule has 1 atom stereocenters. The Morgan fingerprint density at radius 2 is 2.25 bits per heavy atom. The molecule has 0 rings (SSSR count). The van der Waals surface area contributed by atoms with E-state index >= 15 is 0 Å². The molecule has 0 saturated carbocycles. The molecule has 0 bridgehead atoms. The van der Waals surface area contributed by atoms with Gasteiger partial charge in [-0.2, -0.15) is 0 Å². The molecule has 0 saturated heterocycles. The summed E-state index contributed by atoms with van der Waals surface area (Å²) >= 11 is 0. The molecular formula is C6H12N2O4. The van der Waals surface area contributed by atoms with E-state index in [1.807, 2.05) is 0 Å². The maximum Gasteiger partial charge on any atom is 0.328 e. The van der Waals surface area contributed by atoms with Crippen molar-refractivity contribution in [2.75, 3.05) is 20.3 Å². The number of aliphatic carboxylic acids is 1. The molecule has 0 spiro atoms. The Labute approximate surface area is 69.7 Å². The molecule has 0 aliphatic carbocycles. The molecule has 0 aromatic rings. The predicted molar refractivity (Wildman–Crippen MR) is 40.5 cm³/mol. The van der Waals surface area contributed by atoms with Crippen LogP contribution in [0.1, 0.15) is 0 Å². The van der Waals surface area contributed by atoms with Gasteiger partial charge in [-0.1, -0.05) is 0 Å². The average Bonchev–Trinajstić information content (AvgIpc) is 2.03. The zero-order chi connectivity index (χ0) is 9.56. The van der Waals surface area contributed by atoms with Crippen LogP contribution in [0, 0.1) is 0 Å². The lowest BCUT2D eigenvalue weighted by molar-refractivity contribution is -0.143. The molecule has 0 aliphatic rings. The van der Waals surface area contributed by atoms with Crippen molar-refractivity contribution in [2.45, 2.75) is 6.04 Å². The van der Waals surface area contributed by atoms with Crippen LogP contribution in [-0.4, -0.2) is 43.3 Å². The zero-order valence-corrected chi connectivity index (χ0v) is 6.74. The molecule has 0 aromatic carbocycles. The Morgan fingerprint density at radius 3 is 2.58 bits per heavy atom. The molecule has 6 nitrogen and oxygen atoms in total. The van der Waals surface area contributed by atoms with E-state index in [1.54, 1.807) is 0 Å². The molecule has 1 unspecified atom stereocenters. The first-order valence-corrected chi connectivity index (χ1v) is 3.33. The number of nitrogens with two attached hydrogens (primary N) is 1. The van der Waals surface area contributed by atoms with E-state index in [-0.39, 0.29) is 13.2 Å². The Hall–Kier alpha value is -1.14. The lowest BCUT2D eigenvalue weighted by Crippen LogP contribution is -2.46. The zero-order valence-electron chi connectivity index (χ0n) is 6.74. The van der Waals surface area contributed by atoms with Crippen LogP contribution in [0.3, 0.4) is 0 Å². The van der Waals surface area contributed by atoms with Gasteiger partial charge in [0.2, 0.25) is 5.91 Å². The van der Waals surface area contributed by atoms with Crippen molar-refractivity contribution in [3.05, 3.63) is 0 Å². The summed E-state index contributed by atoms with van der Waals surface area (Å²) in [5, 5.41) is 10.7. The third-order valence-electron chi connectivity index (χ3n) is 1.15. The monoisotopic (exact) mass is 176 g/mol. The number of carboxylic acid groups (broad SMARTS) is 1. The summed E-state index contributed by atoms with van der Waals surface area (Å²) in [7, 11) is 1.35. The molecule has 12 heavy (non-hydrogen) atoms. The molecular weight excluding hydrogens is 164 g/mol. The van der Waals surface area contributed by atoms with Crippen molar-refractivity contribution in [3.8, 4) is 0 Å². The first-order chi connectivity index (χ1) is 5.61. The second-order valence-electron chi connectivity index (χ2n) is 2.12. The molecule has 6 heteroatoms. The van der Waals surface area contributed by atoms with Crippen LogP contribution >= 0.6 is 0 Å². The van der Waals surface area contributed by atoms with E-state index < -0.39 is 17.9 Å². The summed E-state index contributed by atoms with van der Waals surface area (Å²) in [5.74, 6) is -1.65. The fraction of sp³-hybridized carbons (Fsp3) is 0.667. The number of rotatable bonds is 5. The van der Waals surface area contributed by atoms with Crippen LogP contribution in [0.25, 0.3) is 0 Å². The number of carboxylic acids is 1. The number of hydrogen-bond acceptors (Lipinski definition) is 4. The highest BCUT2D eigenvalue weighted by Crippen LogP contribution is 1.84. The van der Waals surface area contributed by atoms with Gasteiger partial charge in [-0.3, -0.25) is 4.79 Å². The van der Waals surface area contributed by atoms with Crippen molar-refractivity contribution in [3.63, 3.8) is 0 Å². The minimum Gasteiger partial charge on any atom is -0.480 e. The van der Waals surface area contributed by atoms with Crippen LogP contribution in [0.15, 0.2) is 0 Å². The summed E-state index contributed by atoms with van der Waals surface area (Å²) < 4.78 is 4.57. The van der Waals surface area contributed by atoms with Crippen molar-refractivity contribution in [2.24, 2.45) is 5.73 Å². The number of carbonyl (C=O) groups is 2. The standard InChI is InChI=1S/C6H12N2O4/c1-12-3-4(6(10)11)8-5(9)2-7/h4H,2-3,7H2,1H3,(H,8,9)(H,10,11). The number of carbonyl (C=O) groups excluding carboxylic acids is 1. The van der Waals surface area contributed by atoms with Gasteiger partial charge in [-0.25, -0.2) is 4.79 Å². The predicted octanol–water partition coefficient (Wildman–Crippen LogP) is -1.84. The number of nitrogens with one attached hydrogen (secondary N) is 1. The summed E-state index contributed by atoms with van der Waals surface area (Å²) in [5.41, 5.74) is 4.97. The van der Waals surface area contributed by atoms with Crippen LogP contribution < -0.4 is 11.1 Å². The van der Waals surface area contributed by atoms with Gasteiger partial charge in [0.15, 0.2) is 6.04 Å². The SMILES string of the molecule is COCC(NC(=O)CN)C(=O)O. The average molecular weight is 176 g/mol. The largest absolute Gasteiger partial charge is 0.480 e. The molecule has 0 radical (unpaired) electrons. The van der Waals surface area contributed by atoms with E-state index in [2.05, 4.69) is 10.1 Å². The molecule has 70 valence electrons. The van der Waals surface area contributed by atoms with E-state index in [1.165, 1.54) is 7.11 Å². The molecule has 0 heterocycles. The Morgan fingerprint density at radius 1 is 1.67 bits per heavy atom. The fourth-order valence-corrected chi connectivity index (χ4v) is 0.595. The van der Waals surface area contributed by atoms with Crippen LogP contribution in [-0.2, 0) is 14.3 Å². The quantitative estimate of drug-likeness (QED) is 0.457. The van der Waals surface area contributed by atoms with Crippen LogP contribution in [0.5, 0.6) is 0 Å². The lowest BCUT2D eigenvalue weighted by Gasteiger charge is -2.11. The number of methoxy groups -OCH3 is 1. The highest BCUT2D eigenvalue weighted by atomic mass is 16.5. The van der Waals surface area contributed by atoms with Crippen molar-refractivity contribution in [1.29, 1.82) is 0 Å². The minimum absolute atomic E-state index is 0.0684. The Balaban J connectivity index is 3.95. The second-order valence-corrected chi connectivity index (χ2v) is 2.12. The second kappa shape index (κ2) is 5.50. The first-order valence-electron chi connectivity index (χ1n) is 3.33. The van der Waals surface area contributed by atoms with Crippen molar-refractivity contribution >= 4 is 11.9 Å². The summed E-state index contributed by atoms with van der Waals surface area (Å²) in [6.07, 6.45) is 0. The normalized spacial score (nSPS) is 12.2. The Kier molecular flexibility index (Phi) is 4.98. The maximum atomic E-state index is 10.6. The van der Waals surface area contributed by atoms with Gasteiger partial charge in [0.05, 0.1) is 13.2 Å². The van der Waals surface area contributed by atoms with Gasteiger partial charge in [0.1, 0.15) is 0 Å². The third kappa shape index (κ3) is 3.89. The molecule has 0 fully saturated rings. The molecule has 0 aliphatic heterocycles. The lowest BCUT2D eigenvalue weighted by atomic mass is 10.3. The van der Waals surface area contributed by atoms with E-state index in [0.29, 0.717) is 0 Å². The molecule has 1 amide bonds. The summed E-state index contributed by atoms with van der Waals surface area (Å²) in [6, 6.07) is -1.02. The van der Waals surface area contributed by atoms with E-state index in [0.717, 1.165) is 0 Å². The van der Waals surface area contributed by atoms with Gasteiger partial charge < -0.3 is 20.9 Å². The fourth-order valence-electron chi connectivity index (χ4n) is 0.595. The highest BCUT2D eigenvalue weighted by molar-refractivity contribution is 5.84. The van der Waals surface area contributed by atoms with Gasteiger partial charge in [0, 0.05) is 7.11 Å². The highest BCUT2D eigenvalue weighted by Gasteiger charge is 2.18. The topological polar surface area (TPSA) is 102 Å². The van der Waals surface area contributed by atoms with Crippen molar-refractivity contribution < 1.29 is 19.4 Å². The van der Waals surface area contributed by atoms with E-state index in [9.17, 15) is 9.59 Å². The van der Waals surface area contributed by atoms with Gasteiger partial charge >= 0.3 is 5.97 Å². The number of hydrogen-bond donors (Lipinski definition) is 3. The first kappa shape index (κ1) is 10.9. The third-order valence-corrected chi connectivity index (χ3v) is 1.15. The van der Waals surface area contributed by atoms with Gasteiger partial charge in [-0.05, 0) is 0 Å². The number of ether oxygens (including phenoxy) is 1. The molecule has 0 aromatic heterocycles. The minimum atomic E-state index is -1.14. The Bertz CT molecular complexity index is 169. The maximum absolute atomic E-state index is 10.6. The van der Waals surface area contributed by atoms with Crippen molar-refractivity contribution in [1.82, 2.24) is 5.32 Å². The summed E-state index contributed by atoms with van der Waals surface area (Å²) in [6.45, 7) is -0.297. The summed E-state index contributed by atoms with van der Waals surface area (Å²) in [4.78, 5) is 21.1. The van der Waals surface area contributed by atoms with Crippen LogP contribution in [0.2, 0.25) is 0 Å². The number of amides is 1. The van der Waals surface area contributed by atoms with Crippen LogP contribution in [0.4, 0.5) is 0 Å². The smallest absolute Gasteiger partial charge is 0.328 e.